The van der Waals surface area contributed by atoms with Gasteiger partial charge in [-0.25, -0.2) is 5.43 Å². The van der Waals surface area contributed by atoms with Crippen LogP contribution in [0.25, 0.3) is 0 Å². The summed E-state index contributed by atoms with van der Waals surface area (Å²) in [4.78, 5) is 27.0. The number of carbonyl (C=O) groups is 2. The number of hydrazone groups is 1. The Morgan fingerprint density at radius 3 is 2.71 bits per heavy atom. The maximum absolute atomic E-state index is 11.9. The Bertz CT molecular complexity index is 605. The van der Waals surface area contributed by atoms with Crippen molar-refractivity contribution in [2.24, 2.45) is 22.9 Å². The van der Waals surface area contributed by atoms with Crippen LogP contribution in [0.3, 0.4) is 0 Å². The third-order valence-electron chi connectivity index (χ3n) is 4.24. The van der Waals surface area contributed by atoms with Crippen LogP contribution < -0.4 is 5.43 Å². The monoisotopic (exact) mass is 307 g/mol. The highest BCUT2D eigenvalue weighted by Gasteiger charge is 2.54. The molecule has 2 aliphatic carbocycles. The van der Waals surface area contributed by atoms with Crippen molar-refractivity contribution in [2.75, 3.05) is 0 Å². The Hall–Kier alpha value is -1.95. The number of aliphatic carboxylic acids is 1. The molecule has 2 aliphatic rings. The fraction of sp³-hybridized carbons (Fsp3) is 0.429. The van der Waals surface area contributed by atoms with Crippen molar-refractivity contribution in [2.45, 2.75) is 18.2 Å². The molecule has 1 aromatic rings. The molecule has 3 rings (SSSR count). The number of alkyl halides is 1. The van der Waals surface area contributed by atoms with Gasteiger partial charge >= 0.3 is 5.97 Å². The molecule has 4 atom stereocenters. The molecule has 2 fully saturated rings. The smallest absolute Gasteiger partial charge is 0.307 e. The maximum Gasteiger partial charge on any atom is 0.307 e. The van der Waals surface area contributed by atoms with E-state index < -0.39 is 11.9 Å². The van der Waals surface area contributed by atoms with Gasteiger partial charge in [-0.15, -0.1) is 11.6 Å². The molecule has 2 N–H and O–H groups in total. The fourth-order valence-electron chi connectivity index (χ4n) is 3.25. The van der Waals surface area contributed by atoms with Gasteiger partial charge in [-0.1, -0.05) is 0 Å². The average molecular weight is 308 g/mol. The summed E-state index contributed by atoms with van der Waals surface area (Å²) in [5, 5.41) is 13.3. The minimum Gasteiger partial charge on any atom is -0.481 e. The van der Waals surface area contributed by atoms with Gasteiger partial charge in [0.15, 0.2) is 0 Å². The number of amides is 1. The second kappa shape index (κ2) is 5.44. The van der Waals surface area contributed by atoms with Gasteiger partial charge in [-0.05, 0) is 30.9 Å². The van der Waals surface area contributed by atoms with Crippen molar-refractivity contribution in [1.82, 2.24) is 10.4 Å². The summed E-state index contributed by atoms with van der Waals surface area (Å²) in [6.45, 7) is 0. The number of aromatic nitrogens is 1. The number of hydrogen-bond donors (Lipinski definition) is 2. The molecular formula is C14H14ClN3O3. The largest absolute Gasteiger partial charge is 0.481 e. The molecule has 1 amide bonds. The number of nitrogens with one attached hydrogen (secondary N) is 1. The molecule has 0 spiro atoms. The van der Waals surface area contributed by atoms with E-state index in [4.69, 9.17) is 11.6 Å². The molecule has 0 unspecified atom stereocenters. The summed E-state index contributed by atoms with van der Waals surface area (Å²) in [7, 11) is 0. The second-order valence-corrected chi connectivity index (χ2v) is 5.93. The van der Waals surface area contributed by atoms with Gasteiger partial charge < -0.3 is 5.11 Å². The van der Waals surface area contributed by atoms with Crippen LogP contribution in [0.15, 0.2) is 29.6 Å². The van der Waals surface area contributed by atoms with Crippen molar-refractivity contribution in [1.29, 1.82) is 0 Å². The topological polar surface area (TPSA) is 91.7 Å². The zero-order chi connectivity index (χ0) is 15.0. The number of pyridine rings is 1. The van der Waals surface area contributed by atoms with E-state index in [9.17, 15) is 14.7 Å². The molecule has 0 saturated heterocycles. The van der Waals surface area contributed by atoms with E-state index >= 15 is 0 Å². The molecule has 0 aliphatic heterocycles. The summed E-state index contributed by atoms with van der Waals surface area (Å²) < 4.78 is 0. The standard InChI is InChI=1S/C14H14ClN3O3/c15-10-5-9-11(6-8(10)12(9)14(20)21)17-18-13(19)7-1-3-16-4-2-7/h1-4,8-10,12H,5-6H2,(H,18,19)(H,20,21)/t8-,9-,10+,12+/m0/s1. The number of rotatable bonds is 3. The van der Waals surface area contributed by atoms with Crippen molar-refractivity contribution < 1.29 is 14.7 Å². The summed E-state index contributed by atoms with van der Waals surface area (Å²) in [5.74, 6) is -1.91. The predicted octanol–water partition coefficient (Wildman–Crippen LogP) is 1.52. The van der Waals surface area contributed by atoms with E-state index in [1.807, 2.05) is 0 Å². The predicted molar refractivity (Wildman–Crippen MR) is 76.1 cm³/mol. The molecule has 2 bridgehead atoms. The van der Waals surface area contributed by atoms with Gasteiger partial charge in [-0.2, -0.15) is 5.10 Å². The Morgan fingerprint density at radius 2 is 2.10 bits per heavy atom. The number of carboxylic acids is 1. The minimum atomic E-state index is -0.834. The van der Waals surface area contributed by atoms with Crippen LogP contribution in [0.1, 0.15) is 23.2 Å². The van der Waals surface area contributed by atoms with Gasteiger partial charge in [0.2, 0.25) is 0 Å². The number of carbonyl (C=O) groups excluding carboxylic acids is 1. The molecule has 1 heterocycles. The Morgan fingerprint density at radius 1 is 1.38 bits per heavy atom. The highest BCUT2D eigenvalue weighted by Crippen LogP contribution is 2.50. The summed E-state index contributed by atoms with van der Waals surface area (Å²) in [6.07, 6.45) is 4.19. The van der Waals surface area contributed by atoms with Crippen LogP contribution in [0.2, 0.25) is 0 Å². The lowest BCUT2D eigenvalue weighted by molar-refractivity contribution is -0.143. The minimum absolute atomic E-state index is 0.0919. The average Bonchev–Trinajstić information content (AvgIpc) is 2.99. The quantitative estimate of drug-likeness (QED) is 0.654. The number of carboxylic acid groups (broad SMARTS) is 1. The van der Waals surface area contributed by atoms with Gasteiger partial charge in [0.25, 0.3) is 5.91 Å². The van der Waals surface area contributed by atoms with Crippen molar-refractivity contribution in [3.63, 3.8) is 0 Å². The Labute approximate surface area is 126 Å². The van der Waals surface area contributed by atoms with E-state index in [1.165, 1.54) is 12.4 Å². The molecular weight excluding hydrogens is 294 g/mol. The van der Waals surface area contributed by atoms with E-state index in [0.717, 1.165) is 5.71 Å². The molecule has 1 aromatic heterocycles. The molecule has 21 heavy (non-hydrogen) atoms. The normalized spacial score (nSPS) is 32.3. The zero-order valence-electron chi connectivity index (χ0n) is 11.1. The Balaban J connectivity index is 1.72. The number of nitrogens with zero attached hydrogens (tertiary/aromatic N) is 2. The van der Waals surface area contributed by atoms with Crippen molar-refractivity contribution >= 4 is 29.2 Å². The highest BCUT2D eigenvalue weighted by atomic mass is 35.5. The van der Waals surface area contributed by atoms with Crippen molar-refractivity contribution in [3.05, 3.63) is 30.1 Å². The molecule has 7 heteroatoms. The maximum atomic E-state index is 11.9. The molecule has 0 radical (unpaired) electrons. The van der Waals surface area contributed by atoms with Crippen LogP contribution in [-0.2, 0) is 4.79 Å². The van der Waals surface area contributed by atoms with Gasteiger partial charge in [0.1, 0.15) is 0 Å². The summed E-state index contributed by atoms with van der Waals surface area (Å²) in [5.41, 5.74) is 3.67. The Kier molecular flexibility index (Phi) is 3.63. The summed E-state index contributed by atoms with van der Waals surface area (Å²) in [6, 6.07) is 3.18. The van der Waals surface area contributed by atoms with Crippen LogP contribution >= 0.6 is 11.6 Å². The van der Waals surface area contributed by atoms with E-state index in [1.54, 1.807) is 12.1 Å². The first-order valence-electron chi connectivity index (χ1n) is 6.71. The van der Waals surface area contributed by atoms with Crippen molar-refractivity contribution in [3.8, 4) is 0 Å². The van der Waals surface area contributed by atoms with Gasteiger partial charge in [0.05, 0.1) is 5.92 Å². The summed E-state index contributed by atoms with van der Waals surface area (Å²) >= 11 is 6.16. The number of halogens is 1. The third kappa shape index (κ3) is 2.51. The first kappa shape index (κ1) is 14.0. The third-order valence-corrected chi connectivity index (χ3v) is 4.74. The lowest BCUT2D eigenvalue weighted by atomic mass is 9.98. The molecule has 0 aromatic carbocycles. The van der Waals surface area contributed by atoms with Gasteiger partial charge in [0, 0.05) is 35.0 Å². The van der Waals surface area contributed by atoms with Crippen LogP contribution in [0.5, 0.6) is 0 Å². The second-order valence-electron chi connectivity index (χ2n) is 5.37. The van der Waals surface area contributed by atoms with E-state index in [2.05, 4.69) is 15.5 Å². The fourth-order valence-corrected chi connectivity index (χ4v) is 3.69. The van der Waals surface area contributed by atoms with E-state index in [-0.39, 0.29) is 23.1 Å². The lowest BCUT2D eigenvalue weighted by Gasteiger charge is -2.16. The first-order chi connectivity index (χ1) is 10.1. The molecule has 110 valence electrons. The van der Waals surface area contributed by atoms with E-state index in [0.29, 0.717) is 18.4 Å². The SMILES string of the molecule is O=C(NN=C1C[C@@H]2[C@@H](C(=O)O)[C@H]1C[C@H]2Cl)c1ccncc1. The zero-order valence-corrected chi connectivity index (χ0v) is 11.8. The molecule has 2 saturated carbocycles. The first-order valence-corrected chi connectivity index (χ1v) is 7.15. The van der Waals surface area contributed by atoms with Crippen LogP contribution in [-0.4, -0.2) is 33.1 Å². The number of fused-ring (bicyclic) bond motifs is 2. The van der Waals surface area contributed by atoms with Crippen LogP contribution in [0, 0.1) is 17.8 Å². The highest BCUT2D eigenvalue weighted by molar-refractivity contribution is 6.22. The number of hydrogen-bond acceptors (Lipinski definition) is 4. The molecule has 6 nitrogen and oxygen atoms in total. The van der Waals surface area contributed by atoms with Crippen LogP contribution in [0.4, 0.5) is 0 Å². The lowest BCUT2D eigenvalue weighted by Crippen LogP contribution is -2.24. The van der Waals surface area contributed by atoms with Gasteiger partial charge in [-0.3, -0.25) is 14.6 Å².